The van der Waals surface area contributed by atoms with Gasteiger partial charge in [0.15, 0.2) is 0 Å². The Bertz CT molecular complexity index is 665. The van der Waals surface area contributed by atoms with Gasteiger partial charge >= 0.3 is 6.09 Å². The third-order valence-electron chi connectivity index (χ3n) is 2.92. The summed E-state index contributed by atoms with van der Waals surface area (Å²) in [5, 5.41) is 6.33. The van der Waals surface area contributed by atoms with Crippen LogP contribution >= 0.6 is 11.6 Å². The molecule has 22 heavy (non-hydrogen) atoms. The van der Waals surface area contributed by atoms with Crippen molar-refractivity contribution in [3.63, 3.8) is 0 Å². The molecule has 0 bridgehead atoms. The lowest BCUT2D eigenvalue weighted by atomic mass is 10.1. The summed E-state index contributed by atoms with van der Waals surface area (Å²) in [5.74, 6) is 0. The van der Waals surface area contributed by atoms with Gasteiger partial charge in [-0.2, -0.15) is 5.10 Å². The van der Waals surface area contributed by atoms with Crippen molar-refractivity contribution in [1.29, 1.82) is 0 Å². The van der Waals surface area contributed by atoms with Gasteiger partial charge in [0.2, 0.25) is 0 Å². The van der Waals surface area contributed by atoms with Crippen LogP contribution < -0.4 is 10.5 Å². The molecule has 1 aromatic carbocycles. The first kappa shape index (κ1) is 16.0. The molecule has 2 aromatic rings. The van der Waals surface area contributed by atoms with Gasteiger partial charge in [-0.1, -0.05) is 19.1 Å². The molecule has 2 rings (SSSR count). The Morgan fingerprint density at radius 2 is 2.00 bits per heavy atom. The molecule has 1 aromatic heterocycles. The number of benzene rings is 1. The number of hydrogen-bond donors (Lipinski definition) is 1. The molecule has 1 N–H and O–H groups in total. The average Bonchev–Trinajstić information content (AvgIpc) is 2.55. The van der Waals surface area contributed by atoms with Crippen LogP contribution in [0, 0.1) is 0 Å². The maximum atomic E-state index is 11.9. The number of aromatic amines is 1. The summed E-state index contributed by atoms with van der Waals surface area (Å²) < 4.78 is 5.08. The van der Waals surface area contributed by atoms with Crippen LogP contribution in [0.15, 0.2) is 41.2 Å². The van der Waals surface area contributed by atoms with E-state index in [2.05, 4.69) is 10.2 Å². The van der Waals surface area contributed by atoms with Crippen molar-refractivity contribution in [2.24, 2.45) is 0 Å². The lowest BCUT2D eigenvalue weighted by Crippen LogP contribution is -2.30. The quantitative estimate of drug-likeness (QED) is 0.678. The van der Waals surface area contributed by atoms with Crippen LogP contribution in [0.4, 0.5) is 10.5 Å². The topological polar surface area (TPSA) is 75.3 Å². The molecule has 0 radical (unpaired) electrons. The summed E-state index contributed by atoms with van der Waals surface area (Å²) in [6, 6.07) is 10.1. The van der Waals surface area contributed by atoms with Crippen molar-refractivity contribution < 1.29 is 9.53 Å². The molecule has 0 unspecified atom stereocenters. The smallest absolute Gasteiger partial charge is 0.415 e. The second-order valence-corrected chi connectivity index (χ2v) is 4.75. The molecule has 0 saturated carbocycles. The van der Waals surface area contributed by atoms with E-state index < -0.39 is 6.09 Å². The summed E-state index contributed by atoms with van der Waals surface area (Å²) in [6.07, 6.45) is 0.269. The third-order valence-corrected chi connectivity index (χ3v) is 3.16. The van der Waals surface area contributed by atoms with E-state index in [1.54, 1.807) is 30.3 Å². The fraction of sp³-hybridized carbons (Fsp3) is 0.267. The van der Waals surface area contributed by atoms with E-state index in [9.17, 15) is 9.59 Å². The Labute approximate surface area is 132 Å². The number of carbonyl (C=O) groups is 1. The highest BCUT2D eigenvalue weighted by Gasteiger charge is 2.16. The van der Waals surface area contributed by atoms with E-state index in [0.29, 0.717) is 18.0 Å². The number of aromatic nitrogens is 2. The van der Waals surface area contributed by atoms with Crippen LogP contribution in [-0.2, 0) is 4.74 Å². The maximum absolute atomic E-state index is 11.9. The average molecular weight is 322 g/mol. The number of anilines is 1. The molecule has 0 aliphatic heterocycles. The predicted octanol–water partition coefficient (Wildman–Crippen LogP) is 2.99. The maximum Gasteiger partial charge on any atom is 0.415 e. The number of rotatable bonds is 5. The predicted molar refractivity (Wildman–Crippen MR) is 85.1 cm³/mol. The number of H-pyrrole nitrogens is 1. The van der Waals surface area contributed by atoms with Gasteiger partial charge < -0.3 is 4.74 Å². The van der Waals surface area contributed by atoms with Gasteiger partial charge in [-0.25, -0.2) is 9.89 Å². The number of hydrogen-bond acceptors (Lipinski definition) is 4. The van der Waals surface area contributed by atoms with Gasteiger partial charge in [0.25, 0.3) is 5.56 Å². The Balaban J connectivity index is 2.17. The first-order valence-corrected chi connectivity index (χ1v) is 7.35. The van der Waals surface area contributed by atoms with Crippen molar-refractivity contribution in [3.05, 3.63) is 46.8 Å². The van der Waals surface area contributed by atoms with Crippen molar-refractivity contribution in [3.8, 4) is 11.3 Å². The van der Waals surface area contributed by atoms with Gasteiger partial charge in [-0.3, -0.25) is 9.69 Å². The number of carbonyl (C=O) groups excluding carboxylic acids is 1. The fourth-order valence-electron chi connectivity index (χ4n) is 1.81. The Hall–Kier alpha value is -2.34. The highest BCUT2D eigenvalue weighted by atomic mass is 35.5. The van der Waals surface area contributed by atoms with Gasteiger partial charge in [0, 0.05) is 17.3 Å². The van der Waals surface area contributed by atoms with Crippen LogP contribution in [-0.4, -0.2) is 28.9 Å². The molecule has 0 spiro atoms. The van der Waals surface area contributed by atoms with Crippen LogP contribution in [0.2, 0.25) is 0 Å². The minimum Gasteiger partial charge on any atom is -0.449 e. The lowest BCUT2D eigenvalue weighted by molar-refractivity contribution is 0.155. The van der Waals surface area contributed by atoms with E-state index in [1.165, 1.54) is 11.0 Å². The number of nitrogens with zero attached hydrogens (tertiary/aromatic N) is 2. The van der Waals surface area contributed by atoms with Crippen molar-refractivity contribution >= 4 is 23.4 Å². The van der Waals surface area contributed by atoms with E-state index >= 15 is 0 Å². The Morgan fingerprint density at radius 3 is 2.55 bits per heavy atom. The van der Waals surface area contributed by atoms with Crippen molar-refractivity contribution in [2.45, 2.75) is 13.3 Å². The first-order chi connectivity index (χ1) is 10.7. The summed E-state index contributed by atoms with van der Waals surface area (Å²) in [7, 11) is 0. The number of alkyl halides is 1. The minimum absolute atomic E-state index is 0.00119. The number of amides is 1. The molecule has 0 saturated heterocycles. The Morgan fingerprint density at radius 1 is 1.27 bits per heavy atom. The normalized spacial score (nSPS) is 10.3. The summed E-state index contributed by atoms with van der Waals surface area (Å²) >= 11 is 5.82. The van der Waals surface area contributed by atoms with Gasteiger partial charge in [0.05, 0.1) is 12.3 Å². The summed E-state index contributed by atoms with van der Waals surface area (Å²) in [4.78, 5) is 24.2. The van der Waals surface area contributed by atoms with Crippen LogP contribution in [0.25, 0.3) is 11.3 Å². The zero-order valence-corrected chi connectivity index (χ0v) is 12.8. The van der Waals surface area contributed by atoms with Crippen LogP contribution in [0.1, 0.15) is 13.3 Å². The SMILES string of the molecule is CCCOC(=O)N(CCl)c1ccc(-c2ccc(=O)[nH]n2)cc1. The number of ether oxygens (including phenoxy) is 1. The molecule has 6 nitrogen and oxygen atoms in total. The molecule has 0 aliphatic rings. The molecule has 116 valence electrons. The molecule has 0 atom stereocenters. The molecule has 0 aliphatic carbocycles. The van der Waals surface area contributed by atoms with E-state index in [4.69, 9.17) is 16.3 Å². The number of nitrogens with one attached hydrogen (secondary N) is 1. The largest absolute Gasteiger partial charge is 0.449 e. The minimum atomic E-state index is -0.480. The lowest BCUT2D eigenvalue weighted by Gasteiger charge is -2.19. The first-order valence-electron chi connectivity index (χ1n) is 6.82. The van der Waals surface area contributed by atoms with Gasteiger partial charge in [0.1, 0.15) is 6.00 Å². The molecule has 1 heterocycles. The fourth-order valence-corrected chi connectivity index (χ4v) is 2.04. The van der Waals surface area contributed by atoms with E-state index in [1.807, 2.05) is 6.92 Å². The van der Waals surface area contributed by atoms with Gasteiger partial charge in [-0.05, 0) is 24.6 Å². The van der Waals surface area contributed by atoms with E-state index in [-0.39, 0.29) is 11.6 Å². The summed E-state index contributed by atoms with van der Waals surface area (Å²) in [5.41, 5.74) is 1.82. The zero-order chi connectivity index (χ0) is 15.9. The van der Waals surface area contributed by atoms with Crippen molar-refractivity contribution in [1.82, 2.24) is 10.2 Å². The second-order valence-electron chi connectivity index (χ2n) is 4.52. The third kappa shape index (κ3) is 3.85. The monoisotopic (exact) mass is 321 g/mol. The molecule has 1 amide bonds. The molecular formula is C15H16ClN3O3. The van der Waals surface area contributed by atoms with Crippen molar-refractivity contribution in [2.75, 3.05) is 17.5 Å². The number of halogens is 1. The standard InChI is InChI=1S/C15H16ClN3O3/c1-2-9-22-15(21)19(10-16)12-5-3-11(4-6-12)13-7-8-14(20)18-17-13/h3-8H,2,9-10H2,1H3,(H,18,20). The molecule has 7 heteroatoms. The molecular weight excluding hydrogens is 306 g/mol. The van der Waals surface area contributed by atoms with Crippen LogP contribution in [0.3, 0.4) is 0 Å². The second kappa shape index (κ2) is 7.61. The van der Waals surface area contributed by atoms with Gasteiger partial charge in [-0.15, -0.1) is 11.6 Å². The highest BCUT2D eigenvalue weighted by Crippen LogP contribution is 2.22. The molecule has 0 fully saturated rings. The zero-order valence-electron chi connectivity index (χ0n) is 12.1. The van der Waals surface area contributed by atoms with E-state index in [0.717, 1.165) is 12.0 Å². The summed E-state index contributed by atoms with van der Waals surface area (Å²) in [6.45, 7) is 2.27. The Kier molecular flexibility index (Phi) is 5.55. The van der Waals surface area contributed by atoms with Crippen LogP contribution in [0.5, 0.6) is 0 Å². The highest BCUT2D eigenvalue weighted by molar-refractivity contribution is 6.21.